The second kappa shape index (κ2) is 7.69. The normalized spacial score (nSPS) is 17.0. The minimum Gasteiger partial charge on any atom is -0.377 e. The van der Waals surface area contributed by atoms with Crippen LogP contribution >= 0.6 is 0 Å². The number of aromatic nitrogens is 3. The topological polar surface area (TPSA) is 69.0 Å². The summed E-state index contributed by atoms with van der Waals surface area (Å²) in [5, 5.41) is 11.2. The van der Waals surface area contributed by atoms with E-state index in [1.54, 1.807) is 7.11 Å². The SMILES string of the molecule is COCc1nnc2n1CCC(NC(=O)Cc1ccc(F)cc1F)CC2. The summed E-state index contributed by atoms with van der Waals surface area (Å²) in [5.41, 5.74) is 0.187. The highest BCUT2D eigenvalue weighted by Crippen LogP contribution is 2.16. The van der Waals surface area contributed by atoms with Gasteiger partial charge in [0, 0.05) is 32.2 Å². The van der Waals surface area contributed by atoms with Gasteiger partial charge in [0.1, 0.15) is 24.1 Å². The van der Waals surface area contributed by atoms with Gasteiger partial charge >= 0.3 is 0 Å². The molecule has 134 valence electrons. The van der Waals surface area contributed by atoms with E-state index in [1.807, 2.05) is 4.57 Å². The lowest BCUT2D eigenvalue weighted by Crippen LogP contribution is -2.36. The van der Waals surface area contributed by atoms with Crippen LogP contribution in [0.15, 0.2) is 18.2 Å². The number of fused-ring (bicyclic) bond motifs is 1. The number of ether oxygens (including phenoxy) is 1. The Hall–Kier alpha value is -2.35. The molecular weight excluding hydrogens is 330 g/mol. The molecule has 0 fully saturated rings. The molecule has 0 radical (unpaired) electrons. The van der Waals surface area contributed by atoms with E-state index in [0.717, 1.165) is 36.6 Å². The number of carbonyl (C=O) groups is 1. The number of amides is 1. The van der Waals surface area contributed by atoms with Crippen molar-refractivity contribution in [3.63, 3.8) is 0 Å². The van der Waals surface area contributed by atoms with Crippen LogP contribution in [-0.4, -0.2) is 33.8 Å². The minimum absolute atomic E-state index is 0.0203. The molecule has 2 heterocycles. The van der Waals surface area contributed by atoms with E-state index >= 15 is 0 Å². The van der Waals surface area contributed by atoms with Crippen molar-refractivity contribution in [1.82, 2.24) is 20.1 Å². The van der Waals surface area contributed by atoms with Crippen LogP contribution in [0, 0.1) is 11.6 Å². The van der Waals surface area contributed by atoms with Crippen LogP contribution in [-0.2, 0) is 35.5 Å². The fourth-order valence-electron chi connectivity index (χ4n) is 3.04. The Kier molecular flexibility index (Phi) is 5.37. The number of carbonyl (C=O) groups excluding carboxylic acids is 1. The highest BCUT2D eigenvalue weighted by atomic mass is 19.1. The monoisotopic (exact) mass is 350 g/mol. The van der Waals surface area contributed by atoms with Crippen molar-refractivity contribution in [1.29, 1.82) is 0 Å². The highest BCUT2D eigenvalue weighted by molar-refractivity contribution is 5.78. The Morgan fingerprint density at radius 1 is 1.36 bits per heavy atom. The molecule has 1 amide bonds. The van der Waals surface area contributed by atoms with Gasteiger partial charge in [0.2, 0.25) is 5.91 Å². The van der Waals surface area contributed by atoms with Gasteiger partial charge < -0.3 is 14.6 Å². The van der Waals surface area contributed by atoms with Crippen molar-refractivity contribution in [2.45, 2.75) is 44.9 Å². The standard InChI is InChI=1S/C17H20F2N4O2/c1-25-10-16-22-21-15-5-4-13(6-7-23(15)16)20-17(24)8-11-2-3-12(18)9-14(11)19/h2-3,9,13H,4-8,10H2,1H3,(H,20,24). The van der Waals surface area contributed by atoms with Gasteiger partial charge in [-0.1, -0.05) is 6.07 Å². The molecule has 1 N–H and O–H groups in total. The Labute approximate surface area is 144 Å². The van der Waals surface area contributed by atoms with Crippen molar-refractivity contribution in [2.75, 3.05) is 7.11 Å². The van der Waals surface area contributed by atoms with Crippen LogP contribution in [0.25, 0.3) is 0 Å². The van der Waals surface area contributed by atoms with Crippen LogP contribution in [0.5, 0.6) is 0 Å². The number of benzene rings is 1. The molecule has 6 nitrogen and oxygen atoms in total. The van der Waals surface area contributed by atoms with E-state index in [4.69, 9.17) is 4.74 Å². The minimum atomic E-state index is -0.702. The van der Waals surface area contributed by atoms with Gasteiger partial charge in [0.05, 0.1) is 6.42 Å². The van der Waals surface area contributed by atoms with Gasteiger partial charge in [-0.2, -0.15) is 0 Å². The predicted molar refractivity (Wildman–Crippen MR) is 85.7 cm³/mol. The van der Waals surface area contributed by atoms with E-state index in [9.17, 15) is 13.6 Å². The number of nitrogens with one attached hydrogen (secondary N) is 1. The molecule has 0 aliphatic carbocycles. The lowest BCUT2D eigenvalue weighted by atomic mass is 10.1. The fourth-order valence-corrected chi connectivity index (χ4v) is 3.04. The number of nitrogens with zero attached hydrogens (tertiary/aromatic N) is 3. The molecule has 1 aliphatic heterocycles. The summed E-state index contributed by atoms with van der Waals surface area (Å²) in [6, 6.07) is 3.22. The van der Waals surface area contributed by atoms with E-state index in [0.29, 0.717) is 19.6 Å². The number of rotatable bonds is 5. The largest absolute Gasteiger partial charge is 0.377 e. The number of hydrogen-bond donors (Lipinski definition) is 1. The molecule has 1 unspecified atom stereocenters. The maximum absolute atomic E-state index is 13.7. The molecule has 3 rings (SSSR count). The molecule has 25 heavy (non-hydrogen) atoms. The van der Waals surface area contributed by atoms with Gasteiger partial charge in [-0.25, -0.2) is 8.78 Å². The zero-order chi connectivity index (χ0) is 17.8. The second-order valence-electron chi connectivity index (χ2n) is 6.12. The van der Waals surface area contributed by atoms with E-state index in [2.05, 4.69) is 15.5 Å². The third kappa shape index (κ3) is 4.19. The summed E-state index contributed by atoms with van der Waals surface area (Å²) in [5.74, 6) is 0.0308. The molecule has 1 aromatic carbocycles. The average Bonchev–Trinajstić information content (AvgIpc) is 2.83. The first-order valence-corrected chi connectivity index (χ1v) is 8.20. The molecule has 1 atom stereocenters. The molecule has 0 spiro atoms. The summed E-state index contributed by atoms with van der Waals surface area (Å²) in [7, 11) is 1.61. The van der Waals surface area contributed by atoms with Crippen LogP contribution < -0.4 is 5.32 Å². The lowest BCUT2D eigenvalue weighted by Gasteiger charge is -2.16. The average molecular weight is 350 g/mol. The van der Waals surface area contributed by atoms with Gasteiger partial charge in [-0.15, -0.1) is 10.2 Å². The van der Waals surface area contributed by atoms with Gasteiger partial charge in [0.15, 0.2) is 5.82 Å². The first-order valence-electron chi connectivity index (χ1n) is 8.20. The molecule has 1 aliphatic rings. The molecule has 0 saturated carbocycles. The second-order valence-corrected chi connectivity index (χ2v) is 6.12. The Morgan fingerprint density at radius 3 is 2.96 bits per heavy atom. The van der Waals surface area contributed by atoms with Crippen LogP contribution in [0.3, 0.4) is 0 Å². The lowest BCUT2D eigenvalue weighted by molar-refractivity contribution is -0.121. The fraction of sp³-hybridized carbons (Fsp3) is 0.471. The smallest absolute Gasteiger partial charge is 0.224 e. The predicted octanol–water partition coefficient (Wildman–Crippen LogP) is 1.77. The highest BCUT2D eigenvalue weighted by Gasteiger charge is 2.21. The first-order chi connectivity index (χ1) is 12.1. The van der Waals surface area contributed by atoms with Gasteiger partial charge in [-0.3, -0.25) is 4.79 Å². The van der Waals surface area contributed by atoms with Crippen molar-refractivity contribution in [3.8, 4) is 0 Å². The molecule has 1 aromatic heterocycles. The summed E-state index contributed by atoms with van der Waals surface area (Å²) >= 11 is 0. The van der Waals surface area contributed by atoms with Crippen molar-refractivity contribution < 1.29 is 18.3 Å². The molecule has 0 saturated heterocycles. The quantitative estimate of drug-likeness (QED) is 0.892. The number of aryl methyl sites for hydroxylation is 1. The maximum atomic E-state index is 13.7. The third-order valence-electron chi connectivity index (χ3n) is 4.33. The maximum Gasteiger partial charge on any atom is 0.224 e. The van der Waals surface area contributed by atoms with Crippen molar-refractivity contribution >= 4 is 5.91 Å². The van der Waals surface area contributed by atoms with Crippen molar-refractivity contribution in [3.05, 3.63) is 47.0 Å². The van der Waals surface area contributed by atoms with E-state index in [-0.39, 0.29) is 23.9 Å². The van der Waals surface area contributed by atoms with Crippen LogP contribution in [0.1, 0.15) is 30.1 Å². The van der Waals surface area contributed by atoms with E-state index in [1.165, 1.54) is 6.07 Å². The Morgan fingerprint density at radius 2 is 2.20 bits per heavy atom. The molecular formula is C17H20F2N4O2. The molecule has 2 aromatic rings. The Balaban J connectivity index is 1.58. The summed E-state index contributed by atoms with van der Waals surface area (Å²) < 4.78 is 33.7. The van der Waals surface area contributed by atoms with Crippen molar-refractivity contribution in [2.24, 2.45) is 0 Å². The molecule has 0 bridgehead atoms. The Bertz CT molecular complexity index is 763. The first kappa shape index (κ1) is 17.5. The summed E-state index contributed by atoms with van der Waals surface area (Å²) in [6.45, 7) is 1.09. The van der Waals surface area contributed by atoms with Crippen LogP contribution in [0.4, 0.5) is 8.78 Å². The summed E-state index contributed by atoms with van der Waals surface area (Å²) in [4.78, 5) is 12.2. The molecule has 8 heteroatoms. The van der Waals surface area contributed by atoms with Crippen LogP contribution in [0.2, 0.25) is 0 Å². The zero-order valence-electron chi connectivity index (χ0n) is 14.0. The summed E-state index contributed by atoms with van der Waals surface area (Å²) in [6.07, 6.45) is 2.07. The van der Waals surface area contributed by atoms with Gasteiger partial charge in [0.25, 0.3) is 0 Å². The van der Waals surface area contributed by atoms with E-state index < -0.39 is 11.6 Å². The number of hydrogen-bond acceptors (Lipinski definition) is 4. The zero-order valence-corrected chi connectivity index (χ0v) is 14.0. The number of methoxy groups -OCH3 is 1. The number of halogens is 2. The van der Waals surface area contributed by atoms with Gasteiger partial charge in [-0.05, 0) is 24.5 Å². The third-order valence-corrected chi connectivity index (χ3v) is 4.33.